The van der Waals surface area contributed by atoms with Crippen LogP contribution in [-0.4, -0.2) is 5.97 Å². The summed E-state index contributed by atoms with van der Waals surface area (Å²) < 4.78 is 11.3. The summed E-state index contributed by atoms with van der Waals surface area (Å²) in [7, 11) is 0. The first kappa shape index (κ1) is 12.7. The second kappa shape index (κ2) is 5.37. The minimum Gasteiger partial charge on any atom is -0.457 e. The number of hydrogen-bond donors (Lipinski definition) is 0. The van der Waals surface area contributed by atoms with Gasteiger partial charge in [-0.3, -0.25) is 4.79 Å². The molecule has 0 N–H and O–H groups in total. The molecule has 3 nitrogen and oxygen atoms in total. The van der Waals surface area contributed by atoms with Gasteiger partial charge in [-0.2, -0.15) is 0 Å². The molecular formula is C17H16O3. The Kier molecular flexibility index (Phi) is 3.42. The molecule has 0 aliphatic carbocycles. The van der Waals surface area contributed by atoms with E-state index in [0.717, 1.165) is 35.5 Å². The molecule has 0 radical (unpaired) electrons. The van der Waals surface area contributed by atoms with Crippen molar-refractivity contribution >= 4 is 5.97 Å². The van der Waals surface area contributed by atoms with E-state index in [4.69, 9.17) is 9.47 Å². The van der Waals surface area contributed by atoms with Crippen LogP contribution in [0, 0.1) is 0 Å². The summed E-state index contributed by atoms with van der Waals surface area (Å²) in [6.07, 6.45) is 1.94. The van der Waals surface area contributed by atoms with Crippen LogP contribution in [0.1, 0.15) is 30.9 Å². The Balaban J connectivity index is 1.92. The number of benzene rings is 2. The Morgan fingerprint density at radius 2 is 1.95 bits per heavy atom. The number of carbonyl (C=O) groups is 1. The highest BCUT2D eigenvalue weighted by atomic mass is 16.5. The van der Waals surface area contributed by atoms with Crippen molar-refractivity contribution in [3.63, 3.8) is 0 Å². The molecule has 2 aromatic rings. The highest BCUT2D eigenvalue weighted by molar-refractivity contribution is 5.73. The molecule has 0 spiro atoms. The van der Waals surface area contributed by atoms with Crippen LogP contribution >= 0.6 is 0 Å². The van der Waals surface area contributed by atoms with Crippen LogP contribution in [0.4, 0.5) is 0 Å². The van der Waals surface area contributed by atoms with Crippen molar-refractivity contribution < 1.29 is 14.3 Å². The predicted octanol–water partition coefficient (Wildman–Crippen LogP) is 4.09. The van der Waals surface area contributed by atoms with Crippen molar-refractivity contribution in [2.45, 2.75) is 26.2 Å². The van der Waals surface area contributed by atoms with E-state index in [9.17, 15) is 4.79 Å². The summed E-state index contributed by atoms with van der Waals surface area (Å²) in [6.45, 7) is 1.96. The maximum atomic E-state index is 11.7. The Bertz CT molecular complexity index is 646. The normalized spacial score (nSPS) is 12.1. The molecule has 1 aliphatic heterocycles. The van der Waals surface area contributed by atoms with Gasteiger partial charge in [-0.15, -0.1) is 0 Å². The van der Waals surface area contributed by atoms with E-state index in [1.54, 1.807) is 0 Å². The Hall–Kier alpha value is -2.29. The van der Waals surface area contributed by atoms with Gasteiger partial charge in [0.2, 0.25) is 0 Å². The van der Waals surface area contributed by atoms with E-state index < -0.39 is 0 Å². The minimum atomic E-state index is -0.195. The maximum absolute atomic E-state index is 11.7. The first-order chi connectivity index (χ1) is 9.78. The van der Waals surface area contributed by atoms with Gasteiger partial charge in [-0.05, 0) is 30.2 Å². The smallest absolute Gasteiger partial charge is 0.311 e. The quantitative estimate of drug-likeness (QED) is 0.530. The molecule has 2 aromatic carbocycles. The van der Waals surface area contributed by atoms with Crippen molar-refractivity contribution in [3.05, 3.63) is 53.6 Å². The van der Waals surface area contributed by atoms with Crippen LogP contribution in [-0.2, 0) is 11.2 Å². The molecule has 0 saturated heterocycles. The summed E-state index contributed by atoms with van der Waals surface area (Å²) in [6, 6.07) is 13.5. The zero-order valence-electron chi connectivity index (χ0n) is 11.4. The third-order valence-electron chi connectivity index (χ3n) is 3.33. The van der Waals surface area contributed by atoms with Gasteiger partial charge in [0.05, 0.1) is 0 Å². The summed E-state index contributed by atoms with van der Waals surface area (Å²) in [5, 5.41) is 0. The summed E-state index contributed by atoms with van der Waals surface area (Å²) in [4.78, 5) is 11.7. The fourth-order valence-corrected chi connectivity index (χ4v) is 2.35. The first-order valence-corrected chi connectivity index (χ1v) is 6.86. The topological polar surface area (TPSA) is 35.5 Å². The van der Waals surface area contributed by atoms with Crippen molar-refractivity contribution in [1.82, 2.24) is 0 Å². The van der Waals surface area contributed by atoms with Crippen molar-refractivity contribution in [2.24, 2.45) is 0 Å². The van der Waals surface area contributed by atoms with Crippen molar-refractivity contribution in [2.75, 3.05) is 0 Å². The lowest BCUT2D eigenvalue weighted by atomic mass is 9.99. The molecule has 0 aromatic heterocycles. The van der Waals surface area contributed by atoms with Crippen molar-refractivity contribution in [1.29, 1.82) is 0 Å². The fraction of sp³-hybridized carbons (Fsp3) is 0.235. The molecule has 0 bridgehead atoms. The van der Waals surface area contributed by atoms with E-state index in [1.807, 2.05) is 49.4 Å². The van der Waals surface area contributed by atoms with Gasteiger partial charge in [0.1, 0.15) is 17.2 Å². The lowest BCUT2D eigenvalue weighted by Crippen LogP contribution is -2.11. The zero-order valence-corrected chi connectivity index (χ0v) is 11.4. The fourth-order valence-electron chi connectivity index (χ4n) is 2.35. The molecule has 0 unspecified atom stereocenters. The molecule has 0 amide bonds. The third-order valence-corrected chi connectivity index (χ3v) is 3.33. The second-order valence-corrected chi connectivity index (χ2v) is 4.84. The molecule has 3 heteroatoms. The molecule has 102 valence electrons. The third kappa shape index (κ3) is 2.39. The monoisotopic (exact) mass is 268 g/mol. The highest BCUT2D eigenvalue weighted by Crippen LogP contribution is 2.40. The second-order valence-electron chi connectivity index (χ2n) is 4.84. The van der Waals surface area contributed by atoms with Crippen LogP contribution in [0.3, 0.4) is 0 Å². The van der Waals surface area contributed by atoms with Gasteiger partial charge in [0, 0.05) is 18.4 Å². The van der Waals surface area contributed by atoms with Crippen LogP contribution in [0.25, 0.3) is 0 Å². The molecule has 20 heavy (non-hydrogen) atoms. The number of ether oxygens (including phenoxy) is 2. The van der Waals surface area contributed by atoms with E-state index in [-0.39, 0.29) is 5.97 Å². The summed E-state index contributed by atoms with van der Waals surface area (Å²) in [5.74, 6) is 2.05. The van der Waals surface area contributed by atoms with Gasteiger partial charge in [-0.25, -0.2) is 0 Å². The number of rotatable bonds is 3. The van der Waals surface area contributed by atoms with Gasteiger partial charge in [-0.1, -0.05) is 31.2 Å². The number of para-hydroxylation sites is 1. The lowest BCUT2D eigenvalue weighted by molar-refractivity contribution is -0.134. The highest BCUT2D eigenvalue weighted by Gasteiger charge is 2.21. The van der Waals surface area contributed by atoms with Crippen LogP contribution in [0.5, 0.6) is 17.2 Å². The van der Waals surface area contributed by atoms with Crippen molar-refractivity contribution in [3.8, 4) is 17.2 Å². The number of fused-ring (bicyclic) bond motifs is 2. The molecule has 3 rings (SSSR count). The van der Waals surface area contributed by atoms with E-state index >= 15 is 0 Å². The number of carbonyl (C=O) groups excluding carboxylic acids is 1. The standard InChI is InChI=1S/C17H16O3/c1-2-6-17(18)20-16-10-5-9-15-13(16)11-12-7-3-4-8-14(12)19-15/h3-5,7-10H,2,6,11H2,1H3. The van der Waals surface area contributed by atoms with Crippen LogP contribution in [0.15, 0.2) is 42.5 Å². The molecule has 1 heterocycles. The van der Waals surface area contributed by atoms with Gasteiger partial charge in [0.25, 0.3) is 0 Å². The van der Waals surface area contributed by atoms with Gasteiger partial charge in [0.15, 0.2) is 0 Å². The zero-order chi connectivity index (χ0) is 13.9. The van der Waals surface area contributed by atoms with E-state index in [2.05, 4.69) is 0 Å². The Morgan fingerprint density at radius 1 is 1.15 bits per heavy atom. The lowest BCUT2D eigenvalue weighted by Gasteiger charge is -2.21. The molecule has 0 saturated carbocycles. The number of hydrogen-bond acceptors (Lipinski definition) is 3. The molecule has 0 atom stereocenters. The maximum Gasteiger partial charge on any atom is 0.311 e. The average Bonchev–Trinajstić information content (AvgIpc) is 2.46. The average molecular weight is 268 g/mol. The molecule has 1 aliphatic rings. The van der Waals surface area contributed by atoms with E-state index in [1.165, 1.54) is 0 Å². The minimum absolute atomic E-state index is 0.195. The molecule has 0 fully saturated rings. The number of esters is 1. The summed E-state index contributed by atoms with van der Waals surface area (Å²) in [5.41, 5.74) is 2.05. The van der Waals surface area contributed by atoms with Crippen LogP contribution < -0.4 is 9.47 Å². The van der Waals surface area contributed by atoms with Crippen LogP contribution in [0.2, 0.25) is 0 Å². The Morgan fingerprint density at radius 3 is 2.80 bits per heavy atom. The molecular weight excluding hydrogens is 252 g/mol. The largest absolute Gasteiger partial charge is 0.457 e. The van der Waals surface area contributed by atoms with Gasteiger partial charge >= 0.3 is 5.97 Å². The first-order valence-electron chi connectivity index (χ1n) is 6.86. The van der Waals surface area contributed by atoms with Gasteiger partial charge < -0.3 is 9.47 Å². The summed E-state index contributed by atoms with van der Waals surface area (Å²) >= 11 is 0. The predicted molar refractivity (Wildman–Crippen MR) is 76.3 cm³/mol. The Labute approximate surface area is 118 Å². The SMILES string of the molecule is CCCC(=O)Oc1cccc2c1Cc1ccccc1O2. The van der Waals surface area contributed by atoms with E-state index in [0.29, 0.717) is 12.2 Å².